The first-order valence-electron chi connectivity index (χ1n) is 8.75. The quantitative estimate of drug-likeness (QED) is 0.550. The highest BCUT2D eigenvalue weighted by atomic mass is 32.2. The number of rotatable bonds is 9. The second-order valence-electron chi connectivity index (χ2n) is 6.09. The van der Waals surface area contributed by atoms with Crippen LogP contribution in [0.3, 0.4) is 0 Å². The van der Waals surface area contributed by atoms with E-state index in [2.05, 4.69) is 15.4 Å². The number of nitrogens with one attached hydrogen (secondary N) is 3. The average Bonchev–Trinajstić information content (AvgIpc) is 2.69. The van der Waals surface area contributed by atoms with Crippen LogP contribution in [0.2, 0.25) is 0 Å². The van der Waals surface area contributed by atoms with Gasteiger partial charge in [0, 0.05) is 31.6 Å². The van der Waals surface area contributed by atoms with Gasteiger partial charge in [0.15, 0.2) is 11.5 Å². The summed E-state index contributed by atoms with van der Waals surface area (Å²) in [4.78, 5) is 23.1. The largest absolute Gasteiger partial charge is 0.493 e. The Morgan fingerprint density at radius 3 is 2.33 bits per heavy atom. The molecule has 0 bridgehead atoms. The maximum absolute atomic E-state index is 13.6. The Balaban J connectivity index is 1.96. The highest BCUT2D eigenvalue weighted by molar-refractivity contribution is 7.89. The number of hydrogen-bond donors (Lipinski definition) is 3. The smallest absolute Gasteiger partial charge is 0.240 e. The van der Waals surface area contributed by atoms with E-state index < -0.39 is 27.7 Å². The number of carbonyl (C=O) groups excluding carboxylic acids is 2. The molecule has 0 saturated carbocycles. The normalized spacial score (nSPS) is 10.9. The van der Waals surface area contributed by atoms with Crippen molar-refractivity contribution in [2.24, 2.45) is 0 Å². The molecule has 9 nitrogen and oxygen atoms in total. The molecule has 2 aromatic rings. The molecule has 2 rings (SSSR count). The lowest BCUT2D eigenvalue weighted by Gasteiger charge is -2.11. The molecule has 30 heavy (non-hydrogen) atoms. The van der Waals surface area contributed by atoms with Gasteiger partial charge >= 0.3 is 0 Å². The Morgan fingerprint density at radius 2 is 1.70 bits per heavy atom. The minimum atomic E-state index is -3.87. The second kappa shape index (κ2) is 10.0. The van der Waals surface area contributed by atoms with Crippen LogP contribution in [0.4, 0.5) is 15.8 Å². The molecule has 0 fully saturated rings. The average molecular weight is 439 g/mol. The fourth-order valence-corrected chi connectivity index (χ4v) is 3.52. The van der Waals surface area contributed by atoms with E-state index in [4.69, 9.17) is 9.47 Å². The zero-order valence-corrected chi connectivity index (χ0v) is 17.4. The summed E-state index contributed by atoms with van der Waals surface area (Å²) in [6, 6.07) is 7.81. The predicted octanol–water partition coefficient (Wildman–Crippen LogP) is 2.11. The van der Waals surface area contributed by atoms with Crippen LogP contribution in [0.15, 0.2) is 41.3 Å². The van der Waals surface area contributed by atoms with Gasteiger partial charge in [0.1, 0.15) is 5.82 Å². The van der Waals surface area contributed by atoms with Crippen molar-refractivity contribution in [3.05, 3.63) is 42.2 Å². The number of amides is 2. The maximum atomic E-state index is 13.6. The third kappa shape index (κ3) is 6.16. The molecule has 0 spiro atoms. The first-order chi connectivity index (χ1) is 14.2. The van der Waals surface area contributed by atoms with E-state index >= 15 is 0 Å². The molecule has 0 unspecified atom stereocenters. The molecule has 162 valence electrons. The molecule has 11 heteroatoms. The van der Waals surface area contributed by atoms with Gasteiger partial charge in [0.2, 0.25) is 21.8 Å². The number of benzene rings is 2. The third-order valence-electron chi connectivity index (χ3n) is 3.87. The van der Waals surface area contributed by atoms with E-state index in [0.29, 0.717) is 5.75 Å². The first-order valence-corrected chi connectivity index (χ1v) is 10.2. The van der Waals surface area contributed by atoms with Crippen molar-refractivity contribution < 1.29 is 31.9 Å². The SMILES string of the molecule is COc1ccc(S(=O)(=O)NCCC(=O)Nc2ccc(F)c(NC(C)=O)c2)cc1OC. The summed E-state index contributed by atoms with van der Waals surface area (Å²) < 4.78 is 50.9. The van der Waals surface area contributed by atoms with Crippen LogP contribution in [0.25, 0.3) is 0 Å². The van der Waals surface area contributed by atoms with E-state index in [9.17, 15) is 22.4 Å². The zero-order valence-electron chi connectivity index (χ0n) is 16.6. The molecule has 0 radical (unpaired) electrons. The molecule has 3 N–H and O–H groups in total. The van der Waals surface area contributed by atoms with Crippen molar-refractivity contribution in [1.29, 1.82) is 0 Å². The van der Waals surface area contributed by atoms with Gasteiger partial charge in [-0.25, -0.2) is 17.5 Å². The highest BCUT2D eigenvalue weighted by Crippen LogP contribution is 2.29. The molecular formula is C19H22FN3O6S. The van der Waals surface area contributed by atoms with Gasteiger partial charge in [0.25, 0.3) is 0 Å². The molecule has 0 atom stereocenters. The number of ether oxygens (including phenoxy) is 2. The van der Waals surface area contributed by atoms with Crippen molar-refractivity contribution in [2.45, 2.75) is 18.2 Å². The minimum Gasteiger partial charge on any atom is -0.493 e. The van der Waals surface area contributed by atoms with Gasteiger partial charge in [-0.05, 0) is 30.3 Å². The second-order valence-corrected chi connectivity index (χ2v) is 7.86. The summed E-state index contributed by atoms with van der Waals surface area (Å²) >= 11 is 0. The van der Waals surface area contributed by atoms with Crippen LogP contribution in [-0.2, 0) is 19.6 Å². The molecular weight excluding hydrogens is 417 g/mol. The van der Waals surface area contributed by atoms with Gasteiger partial charge in [-0.15, -0.1) is 0 Å². The fraction of sp³-hybridized carbons (Fsp3) is 0.263. The molecule has 0 aliphatic carbocycles. The summed E-state index contributed by atoms with van der Waals surface area (Å²) in [5, 5.41) is 4.82. The molecule has 0 aromatic heterocycles. The summed E-state index contributed by atoms with van der Waals surface area (Å²) in [6.07, 6.45) is -0.167. The van der Waals surface area contributed by atoms with Gasteiger partial charge < -0.3 is 20.1 Å². The van der Waals surface area contributed by atoms with Crippen LogP contribution in [-0.4, -0.2) is 41.0 Å². The van der Waals surface area contributed by atoms with E-state index in [0.717, 1.165) is 6.07 Å². The number of halogens is 1. The third-order valence-corrected chi connectivity index (χ3v) is 5.33. The summed E-state index contributed by atoms with van der Waals surface area (Å²) in [5.74, 6) is -0.962. The zero-order chi connectivity index (χ0) is 22.3. The highest BCUT2D eigenvalue weighted by Gasteiger charge is 2.17. The van der Waals surface area contributed by atoms with Crippen molar-refractivity contribution in [3.63, 3.8) is 0 Å². The lowest BCUT2D eigenvalue weighted by molar-refractivity contribution is -0.116. The molecule has 0 saturated heterocycles. The number of hydrogen-bond acceptors (Lipinski definition) is 6. The van der Waals surface area contributed by atoms with Gasteiger partial charge in [-0.3, -0.25) is 9.59 Å². The van der Waals surface area contributed by atoms with E-state index in [1.807, 2.05) is 0 Å². The van der Waals surface area contributed by atoms with Crippen molar-refractivity contribution >= 4 is 33.2 Å². The van der Waals surface area contributed by atoms with E-state index in [1.54, 1.807) is 0 Å². The van der Waals surface area contributed by atoms with Gasteiger partial charge in [0.05, 0.1) is 24.8 Å². The lowest BCUT2D eigenvalue weighted by Crippen LogP contribution is -2.28. The lowest BCUT2D eigenvalue weighted by atomic mass is 10.2. The summed E-state index contributed by atoms with van der Waals surface area (Å²) in [7, 11) is -1.05. The Bertz CT molecular complexity index is 1040. The van der Waals surface area contributed by atoms with Crippen LogP contribution in [0.5, 0.6) is 11.5 Å². The Morgan fingerprint density at radius 1 is 1.00 bits per heavy atom. The summed E-state index contributed by atoms with van der Waals surface area (Å²) in [6.45, 7) is 1.07. The fourth-order valence-electron chi connectivity index (χ4n) is 2.48. The number of methoxy groups -OCH3 is 2. The van der Waals surface area contributed by atoms with E-state index in [-0.39, 0.29) is 35.0 Å². The van der Waals surface area contributed by atoms with Crippen molar-refractivity contribution in [3.8, 4) is 11.5 Å². The topological polar surface area (TPSA) is 123 Å². The molecule has 0 aliphatic heterocycles. The number of anilines is 2. The van der Waals surface area contributed by atoms with Crippen LogP contribution in [0.1, 0.15) is 13.3 Å². The van der Waals surface area contributed by atoms with Crippen LogP contribution >= 0.6 is 0 Å². The van der Waals surface area contributed by atoms with E-state index in [1.165, 1.54) is 51.5 Å². The predicted molar refractivity (Wildman–Crippen MR) is 109 cm³/mol. The van der Waals surface area contributed by atoms with Crippen LogP contribution < -0.4 is 24.8 Å². The van der Waals surface area contributed by atoms with Gasteiger partial charge in [-0.2, -0.15) is 0 Å². The Labute approximate surface area is 173 Å². The van der Waals surface area contributed by atoms with Crippen molar-refractivity contribution in [1.82, 2.24) is 4.72 Å². The minimum absolute atomic E-state index is 0.0426. The molecule has 2 aromatic carbocycles. The van der Waals surface area contributed by atoms with Crippen molar-refractivity contribution in [2.75, 3.05) is 31.4 Å². The molecule has 2 amide bonds. The number of carbonyl (C=O) groups is 2. The number of sulfonamides is 1. The standard InChI is InChI=1S/C19H22FN3O6S/c1-12(24)22-16-10-13(4-6-15(16)20)23-19(25)8-9-21-30(26,27)14-5-7-17(28-2)18(11-14)29-3/h4-7,10-11,21H,8-9H2,1-3H3,(H,22,24)(H,23,25). The summed E-state index contributed by atoms with van der Waals surface area (Å²) in [5.41, 5.74) is 0.183. The monoisotopic (exact) mass is 439 g/mol. The Kier molecular flexibility index (Phi) is 7.72. The maximum Gasteiger partial charge on any atom is 0.240 e. The van der Waals surface area contributed by atoms with Gasteiger partial charge in [-0.1, -0.05) is 0 Å². The van der Waals surface area contributed by atoms with Crippen LogP contribution in [0, 0.1) is 5.82 Å². The molecule has 0 aliphatic rings. The first kappa shape index (κ1) is 23.1. The molecule has 0 heterocycles. The Hall–Kier alpha value is -3.18.